The van der Waals surface area contributed by atoms with Crippen molar-refractivity contribution in [1.82, 2.24) is 9.97 Å². The Labute approximate surface area is 273 Å². The largest absolute Gasteiger partial charge is 0.456 e. The summed E-state index contributed by atoms with van der Waals surface area (Å²) >= 11 is 0. The molecular formula is C44H32N2O. The van der Waals surface area contributed by atoms with Crippen LogP contribution in [0.5, 0.6) is 0 Å². The number of furan rings is 1. The van der Waals surface area contributed by atoms with E-state index in [2.05, 4.69) is 143 Å². The van der Waals surface area contributed by atoms with Crippen molar-refractivity contribution < 1.29 is 4.42 Å². The van der Waals surface area contributed by atoms with E-state index >= 15 is 0 Å². The Hall–Kier alpha value is -5.54. The lowest BCUT2D eigenvalue weighted by Crippen LogP contribution is -2.14. The second kappa shape index (κ2) is 9.04. The molecule has 0 spiro atoms. The van der Waals surface area contributed by atoms with Crippen LogP contribution in [0.2, 0.25) is 0 Å². The van der Waals surface area contributed by atoms with E-state index in [1.807, 2.05) is 6.07 Å². The first-order valence-corrected chi connectivity index (χ1v) is 16.4. The molecular weight excluding hydrogens is 572 g/mol. The van der Waals surface area contributed by atoms with Gasteiger partial charge in [-0.25, -0.2) is 9.97 Å². The number of rotatable bonds is 2. The van der Waals surface area contributed by atoms with Crippen molar-refractivity contribution in [2.75, 3.05) is 0 Å². The van der Waals surface area contributed by atoms with Crippen LogP contribution in [0.25, 0.3) is 77.7 Å². The van der Waals surface area contributed by atoms with E-state index in [-0.39, 0.29) is 10.8 Å². The topological polar surface area (TPSA) is 38.9 Å². The molecule has 0 amide bonds. The fourth-order valence-corrected chi connectivity index (χ4v) is 8.39. The van der Waals surface area contributed by atoms with Crippen molar-refractivity contribution in [3.8, 4) is 44.9 Å². The van der Waals surface area contributed by atoms with Crippen LogP contribution < -0.4 is 0 Å². The fraction of sp³-hybridized carbons (Fsp3) is 0.136. The van der Waals surface area contributed by atoms with Gasteiger partial charge in [0.25, 0.3) is 0 Å². The number of benzene rings is 6. The summed E-state index contributed by atoms with van der Waals surface area (Å²) in [4.78, 5) is 10.3. The number of hydrogen-bond donors (Lipinski definition) is 0. The summed E-state index contributed by atoms with van der Waals surface area (Å²) in [5, 5.41) is 3.29. The molecule has 2 aliphatic carbocycles. The average molecular weight is 605 g/mol. The summed E-state index contributed by atoms with van der Waals surface area (Å²) in [6.45, 7) is 9.25. The van der Waals surface area contributed by atoms with Crippen LogP contribution in [-0.4, -0.2) is 9.97 Å². The molecule has 6 aromatic carbocycles. The van der Waals surface area contributed by atoms with E-state index in [0.717, 1.165) is 49.7 Å². The van der Waals surface area contributed by atoms with Crippen molar-refractivity contribution in [3.63, 3.8) is 0 Å². The molecule has 0 saturated heterocycles. The monoisotopic (exact) mass is 604 g/mol. The maximum absolute atomic E-state index is 6.58. The van der Waals surface area contributed by atoms with Gasteiger partial charge in [0.05, 0.1) is 11.2 Å². The minimum atomic E-state index is -0.0859. The van der Waals surface area contributed by atoms with Gasteiger partial charge in [-0.1, -0.05) is 113 Å². The molecule has 2 aliphatic rings. The van der Waals surface area contributed by atoms with Gasteiger partial charge in [0, 0.05) is 38.1 Å². The highest BCUT2D eigenvalue weighted by Gasteiger charge is 2.37. The van der Waals surface area contributed by atoms with Crippen LogP contribution in [0.4, 0.5) is 0 Å². The molecule has 3 heteroatoms. The van der Waals surface area contributed by atoms with Crippen molar-refractivity contribution in [2.45, 2.75) is 38.5 Å². The summed E-state index contributed by atoms with van der Waals surface area (Å²) in [5.74, 6) is 0.696. The van der Waals surface area contributed by atoms with Gasteiger partial charge in [0.15, 0.2) is 5.82 Å². The Morgan fingerprint density at radius 1 is 0.447 bits per heavy atom. The number of nitrogens with zero attached hydrogens (tertiary/aromatic N) is 2. The quantitative estimate of drug-likeness (QED) is 0.197. The number of para-hydroxylation sites is 1. The highest BCUT2D eigenvalue weighted by molar-refractivity contribution is 6.08. The standard InChI is InChI=1S/C44H32N2O/c1-43(2)34-14-8-5-11-27(34)29-19-17-25(21-36(29)43)41-31-13-7-10-16-38(31)45-42(46-41)26-18-20-30-33-23-32-28-12-6-9-15-35(28)44(3,4)37(32)24-40(33)47-39(30)22-26/h5-24H,1-4H3. The van der Waals surface area contributed by atoms with E-state index in [1.54, 1.807) is 0 Å². The number of fused-ring (bicyclic) bond motifs is 10. The Balaban J connectivity index is 1.13. The minimum Gasteiger partial charge on any atom is -0.456 e. The van der Waals surface area contributed by atoms with Gasteiger partial charge < -0.3 is 4.42 Å². The molecule has 8 aromatic rings. The van der Waals surface area contributed by atoms with E-state index in [1.165, 1.54) is 44.5 Å². The zero-order valence-corrected chi connectivity index (χ0v) is 26.8. The lowest BCUT2D eigenvalue weighted by Gasteiger charge is -2.22. The lowest BCUT2D eigenvalue weighted by atomic mass is 9.82. The van der Waals surface area contributed by atoms with Gasteiger partial charge in [0.1, 0.15) is 11.2 Å². The van der Waals surface area contributed by atoms with Gasteiger partial charge in [0.2, 0.25) is 0 Å². The summed E-state index contributed by atoms with van der Waals surface area (Å²) in [6.07, 6.45) is 0. The molecule has 0 saturated carbocycles. The highest BCUT2D eigenvalue weighted by Crippen LogP contribution is 2.51. The highest BCUT2D eigenvalue weighted by atomic mass is 16.3. The van der Waals surface area contributed by atoms with E-state index in [9.17, 15) is 0 Å². The van der Waals surface area contributed by atoms with Crippen molar-refractivity contribution >= 4 is 32.8 Å². The molecule has 0 atom stereocenters. The summed E-state index contributed by atoms with van der Waals surface area (Å²) in [5.41, 5.74) is 16.2. The Kier molecular flexibility index (Phi) is 5.13. The minimum absolute atomic E-state index is 0.0743. The predicted octanol–water partition coefficient (Wildman–Crippen LogP) is 11.5. The van der Waals surface area contributed by atoms with Gasteiger partial charge in [-0.2, -0.15) is 0 Å². The summed E-state index contributed by atoms with van der Waals surface area (Å²) < 4.78 is 6.58. The predicted molar refractivity (Wildman–Crippen MR) is 193 cm³/mol. The number of aromatic nitrogens is 2. The average Bonchev–Trinajstić information content (AvgIpc) is 3.65. The second-order valence-electron chi connectivity index (χ2n) is 14.2. The molecule has 2 heterocycles. The molecule has 10 rings (SSSR count). The van der Waals surface area contributed by atoms with Gasteiger partial charge in [-0.3, -0.25) is 0 Å². The molecule has 2 aromatic heterocycles. The Morgan fingerprint density at radius 2 is 1.06 bits per heavy atom. The Morgan fingerprint density at radius 3 is 1.85 bits per heavy atom. The smallest absolute Gasteiger partial charge is 0.160 e. The molecule has 0 aliphatic heterocycles. The van der Waals surface area contributed by atoms with Crippen LogP contribution >= 0.6 is 0 Å². The van der Waals surface area contributed by atoms with Crippen molar-refractivity contribution in [2.24, 2.45) is 0 Å². The molecule has 0 fully saturated rings. The molecule has 0 N–H and O–H groups in total. The third-order valence-electron chi connectivity index (χ3n) is 10.9. The molecule has 3 nitrogen and oxygen atoms in total. The van der Waals surface area contributed by atoms with Crippen LogP contribution in [-0.2, 0) is 10.8 Å². The first-order valence-electron chi connectivity index (χ1n) is 16.4. The second-order valence-corrected chi connectivity index (χ2v) is 14.2. The maximum atomic E-state index is 6.58. The SMILES string of the molecule is CC1(C)c2ccccc2-c2ccc(-c3nc(-c4ccc5c(c4)oc4cc6c(cc45)-c4ccccc4C6(C)C)nc4ccccc34)cc21. The van der Waals surface area contributed by atoms with Crippen LogP contribution in [0, 0.1) is 0 Å². The molecule has 224 valence electrons. The van der Waals surface area contributed by atoms with Crippen molar-refractivity contribution in [3.05, 3.63) is 144 Å². The first kappa shape index (κ1) is 26.7. The third kappa shape index (κ3) is 3.57. The lowest BCUT2D eigenvalue weighted by molar-refractivity contribution is 0.647. The van der Waals surface area contributed by atoms with E-state index < -0.39 is 0 Å². The molecule has 0 bridgehead atoms. The number of hydrogen-bond acceptors (Lipinski definition) is 3. The summed E-state index contributed by atoms with van der Waals surface area (Å²) in [6, 6.07) is 43.7. The maximum Gasteiger partial charge on any atom is 0.160 e. The summed E-state index contributed by atoms with van der Waals surface area (Å²) in [7, 11) is 0. The van der Waals surface area contributed by atoms with Gasteiger partial charge in [-0.15, -0.1) is 0 Å². The third-order valence-corrected chi connectivity index (χ3v) is 10.9. The normalized spacial score (nSPS) is 15.1. The Bertz CT molecular complexity index is 2640. The zero-order valence-electron chi connectivity index (χ0n) is 26.8. The fourth-order valence-electron chi connectivity index (χ4n) is 8.39. The zero-order chi connectivity index (χ0) is 31.7. The van der Waals surface area contributed by atoms with E-state index in [4.69, 9.17) is 14.4 Å². The molecule has 0 unspecified atom stereocenters. The van der Waals surface area contributed by atoms with Crippen molar-refractivity contribution in [1.29, 1.82) is 0 Å². The first-order chi connectivity index (χ1) is 22.8. The molecule has 0 radical (unpaired) electrons. The molecule has 47 heavy (non-hydrogen) atoms. The van der Waals surface area contributed by atoms with Gasteiger partial charge >= 0.3 is 0 Å². The van der Waals surface area contributed by atoms with Crippen LogP contribution in [0.1, 0.15) is 49.9 Å². The van der Waals surface area contributed by atoms with E-state index in [0.29, 0.717) is 5.82 Å². The van der Waals surface area contributed by atoms with Crippen LogP contribution in [0.3, 0.4) is 0 Å². The van der Waals surface area contributed by atoms with Crippen LogP contribution in [0.15, 0.2) is 126 Å². The van der Waals surface area contributed by atoms with Gasteiger partial charge in [-0.05, 0) is 80.9 Å².